The summed E-state index contributed by atoms with van der Waals surface area (Å²) < 4.78 is 0. The summed E-state index contributed by atoms with van der Waals surface area (Å²) in [6, 6.07) is 0.0231. The highest BCUT2D eigenvalue weighted by Crippen LogP contribution is 2.16. The van der Waals surface area contributed by atoms with E-state index in [4.69, 9.17) is 5.84 Å². The van der Waals surface area contributed by atoms with Crippen molar-refractivity contribution in [3.05, 3.63) is 0 Å². The molecule has 4 heteroatoms. The third kappa shape index (κ3) is 1.95. The van der Waals surface area contributed by atoms with E-state index in [1.807, 2.05) is 0 Å². The van der Waals surface area contributed by atoms with E-state index < -0.39 is 0 Å². The Labute approximate surface area is 73.1 Å². The van der Waals surface area contributed by atoms with Gasteiger partial charge in [-0.25, -0.2) is 5.84 Å². The lowest BCUT2D eigenvalue weighted by Crippen LogP contribution is -2.46. The minimum Gasteiger partial charge on any atom is -0.293 e. The summed E-state index contributed by atoms with van der Waals surface area (Å²) in [5, 5.41) is 0. The molecule has 4 nitrogen and oxygen atoms in total. The van der Waals surface area contributed by atoms with E-state index in [9.17, 15) is 4.79 Å². The Balaban J connectivity index is 2.45. The van der Waals surface area contributed by atoms with Crippen LogP contribution in [0.2, 0.25) is 0 Å². The molecule has 1 fully saturated rings. The molecule has 0 bridgehead atoms. The van der Waals surface area contributed by atoms with Crippen LogP contribution in [0.3, 0.4) is 0 Å². The van der Waals surface area contributed by atoms with Crippen molar-refractivity contribution in [1.82, 2.24) is 10.3 Å². The van der Waals surface area contributed by atoms with Crippen LogP contribution in [-0.4, -0.2) is 29.9 Å². The van der Waals surface area contributed by atoms with Gasteiger partial charge in [-0.05, 0) is 32.4 Å². The van der Waals surface area contributed by atoms with Crippen LogP contribution in [-0.2, 0) is 4.79 Å². The van der Waals surface area contributed by atoms with Gasteiger partial charge in [-0.2, -0.15) is 0 Å². The van der Waals surface area contributed by atoms with Crippen molar-refractivity contribution in [2.45, 2.75) is 32.2 Å². The molecule has 0 aromatic rings. The molecule has 1 rings (SSSR count). The maximum absolute atomic E-state index is 11.2. The number of nitrogens with two attached hydrogens (primary N) is 1. The van der Waals surface area contributed by atoms with Crippen molar-refractivity contribution in [3.63, 3.8) is 0 Å². The van der Waals surface area contributed by atoms with Gasteiger partial charge in [-0.15, -0.1) is 0 Å². The average Bonchev–Trinajstić information content (AvgIpc) is 2.52. The maximum atomic E-state index is 11.2. The highest BCUT2D eigenvalue weighted by Gasteiger charge is 2.28. The van der Waals surface area contributed by atoms with Gasteiger partial charge in [0.05, 0.1) is 6.04 Å². The quantitative estimate of drug-likeness (QED) is 0.353. The molecule has 1 unspecified atom stereocenters. The number of nitrogens with zero attached hydrogens (tertiary/aromatic N) is 1. The third-order valence-corrected chi connectivity index (χ3v) is 2.32. The van der Waals surface area contributed by atoms with E-state index in [2.05, 4.69) is 17.2 Å². The minimum atomic E-state index is -0.0408. The van der Waals surface area contributed by atoms with Crippen molar-refractivity contribution in [2.24, 2.45) is 5.84 Å². The summed E-state index contributed by atoms with van der Waals surface area (Å²) >= 11 is 0. The largest absolute Gasteiger partial charge is 0.293 e. The van der Waals surface area contributed by atoms with Crippen molar-refractivity contribution < 1.29 is 4.79 Å². The summed E-state index contributed by atoms with van der Waals surface area (Å²) in [5.74, 6) is 5.04. The number of likely N-dealkylation sites (tertiary alicyclic amines) is 1. The Kier molecular flexibility index (Phi) is 3.49. The number of amides is 1. The fraction of sp³-hybridized carbons (Fsp3) is 0.875. The summed E-state index contributed by atoms with van der Waals surface area (Å²) in [7, 11) is 0. The van der Waals surface area contributed by atoms with E-state index in [0.29, 0.717) is 0 Å². The van der Waals surface area contributed by atoms with Crippen LogP contribution in [0.5, 0.6) is 0 Å². The number of hydrogen-bond donors (Lipinski definition) is 2. The zero-order chi connectivity index (χ0) is 8.97. The fourth-order valence-corrected chi connectivity index (χ4v) is 1.77. The Morgan fingerprint density at radius 3 is 3.08 bits per heavy atom. The second-order valence-electron chi connectivity index (χ2n) is 3.20. The minimum absolute atomic E-state index is 0.0231. The van der Waals surface area contributed by atoms with Crippen molar-refractivity contribution >= 4 is 5.91 Å². The molecule has 0 saturated carbocycles. The Hall–Kier alpha value is -0.610. The maximum Gasteiger partial charge on any atom is 0.251 e. The highest BCUT2D eigenvalue weighted by atomic mass is 16.2. The van der Waals surface area contributed by atoms with Gasteiger partial charge in [0, 0.05) is 0 Å². The first kappa shape index (κ1) is 9.48. The zero-order valence-electron chi connectivity index (χ0n) is 7.55. The molecule has 70 valence electrons. The van der Waals surface area contributed by atoms with E-state index in [1.165, 1.54) is 0 Å². The summed E-state index contributed by atoms with van der Waals surface area (Å²) in [6.45, 7) is 4.15. The molecular weight excluding hydrogens is 154 g/mol. The molecule has 1 atom stereocenters. The van der Waals surface area contributed by atoms with Gasteiger partial charge in [0.1, 0.15) is 0 Å². The fourth-order valence-electron chi connectivity index (χ4n) is 1.77. The smallest absolute Gasteiger partial charge is 0.251 e. The Morgan fingerprint density at radius 2 is 2.50 bits per heavy atom. The summed E-state index contributed by atoms with van der Waals surface area (Å²) in [5.41, 5.74) is 2.21. The van der Waals surface area contributed by atoms with Gasteiger partial charge in [0.15, 0.2) is 0 Å². The van der Waals surface area contributed by atoms with E-state index in [1.54, 1.807) is 0 Å². The first-order valence-electron chi connectivity index (χ1n) is 4.54. The molecule has 1 aliphatic rings. The van der Waals surface area contributed by atoms with Crippen LogP contribution >= 0.6 is 0 Å². The molecule has 1 heterocycles. The number of hydrogen-bond acceptors (Lipinski definition) is 3. The first-order valence-corrected chi connectivity index (χ1v) is 4.54. The predicted molar refractivity (Wildman–Crippen MR) is 47.2 cm³/mol. The Morgan fingerprint density at radius 1 is 1.75 bits per heavy atom. The molecular formula is C8H17N3O. The van der Waals surface area contributed by atoms with Gasteiger partial charge in [-0.3, -0.25) is 15.1 Å². The van der Waals surface area contributed by atoms with Crippen LogP contribution in [0.1, 0.15) is 26.2 Å². The Bertz CT molecular complexity index is 160. The molecule has 1 amide bonds. The monoisotopic (exact) mass is 171 g/mol. The highest BCUT2D eigenvalue weighted by molar-refractivity contribution is 5.81. The molecule has 0 spiro atoms. The molecule has 1 aliphatic heterocycles. The lowest BCUT2D eigenvalue weighted by Gasteiger charge is -2.21. The van der Waals surface area contributed by atoms with E-state index >= 15 is 0 Å². The van der Waals surface area contributed by atoms with E-state index in [-0.39, 0.29) is 11.9 Å². The zero-order valence-corrected chi connectivity index (χ0v) is 7.55. The van der Waals surface area contributed by atoms with Gasteiger partial charge in [0.25, 0.3) is 5.91 Å². The second kappa shape index (κ2) is 4.42. The predicted octanol–water partition coefficient (Wildman–Crippen LogP) is -0.149. The summed E-state index contributed by atoms with van der Waals surface area (Å²) in [6.07, 6.45) is 3.15. The number of nitrogens with one attached hydrogen (secondary N) is 1. The number of carbonyl (C=O) groups is 1. The lowest BCUT2D eigenvalue weighted by molar-refractivity contribution is -0.125. The standard InChI is InChI=1S/C8H17N3O/c1-2-5-11-6-3-4-7(11)8(12)10-9/h7H,2-6,9H2,1H3,(H,10,12). The van der Waals surface area contributed by atoms with Crippen LogP contribution in [0.4, 0.5) is 0 Å². The molecule has 0 aromatic carbocycles. The molecule has 0 radical (unpaired) electrons. The van der Waals surface area contributed by atoms with Crippen LogP contribution in [0.15, 0.2) is 0 Å². The van der Waals surface area contributed by atoms with Crippen molar-refractivity contribution in [1.29, 1.82) is 0 Å². The van der Waals surface area contributed by atoms with Gasteiger partial charge < -0.3 is 0 Å². The van der Waals surface area contributed by atoms with Crippen molar-refractivity contribution in [3.8, 4) is 0 Å². The second-order valence-corrected chi connectivity index (χ2v) is 3.20. The summed E-state index contributed by atoms with van der Waals surface area (Å²) in [4.78, 5) is 13.4. The average molecular weight is 171 g/mol. The van der Waals surface area contributed by atoms with Crippen LogP contribution in [0.25, 0.3) is 0 Å². The van der Waals surface area contributed by atoms with Crippen molar-refractivity contribution in [2.75, 3.05) is 13.1 Å². The number of rotatable bonds is 3. The van der Waals surface area contributed by atoms with E-state index in [0.717, 1.165) is 32.4 Å². The normalized spacial score (nSPS) is 24.3. The molecule has 3 N–H and O–H groups in total. The topological polar surface area (TPSA) is 58.4 Å². The lowest BCUT2D eigenvalue weighted by atomic mass is 10.2. The van der Waals surface area contributed by atoms with Crippen LogP contribution in [0, 0.1) is 0 Å². The van der Waals surface area contributed by atoms with Gasteiger partial charge in [0.2, 0.25) is 0 Å². The molecule has 0 aromatic heterocycles. The first-order chi connectivity index (χ1) is 5.79. The third-order valence-electron chi connectivity index (χ3n) is 2.32. The van der Waals surface area contributed by atoms with Gasteiger partial charge in [-0.1, -0.05) is 6.92 Å². The SMILES string of the molecule is CCCN1CCCC1C(=O)NN. The molecule has 12 heavy (non-hydrogen) atoms. The molecule has 0 aliphatic carbocycles. The van der Waals surface area contributed by atoms with Gasteiger partial charge >= 0.3 is 0 Å². The van der Waals surface area contributed by atoms with Crippen LogP contribution < -0.4 is 11.3 Å². The number of hydrazine groups is 1. The molecule has 1 saturated heterocycles. The number of carbonyl (C=O) groups excluding carboxylic acids is 1.